The Morgan fingerprint density at radius 1 is 1.03 bits per heavy atom. The van der Waals surface area contributed by atoms with E-state index in [0.29, 0.717) is 22.4 Å². The number of piperidine rings is 1. The Balaban J connectivity index is 1.26. The van der Waals surface area contributed by atoms with E-state index in [1.807, 2.05) is 22.1 Å². The van der Waals surface area contributed by atoms with Crippen molar-refractivity contribution < 1.29 is 4.79 Å². The smallest absolute Gasteiger partial charge is 0.274 e. The van der Waals surface area contributed by atoms with Crippen LogP contribution in [0.2, 0.25) is 0 Å². The molecule has 160 valence electrons. The minimum Gasteiger partial charge on any atom is -0.317 e. The van der Waals surface area contributed by atoms with Crippen LogP contribution in [0.4, 0.5) is 5.69 Å². The molecule has 2 aliphatic heterocycles. The molecule has 3 aromatic rings. The number of pyridine rings is 1. The molecule has 1 fully saturated rings. The maximum atomic E-state index is 13.1. The van der Waals surface area contributed by atoms with Crippen molar-refractivity contribution in [3.8, 4) is 0 Å². The molecular weight excluding hydrogens is 406 g/mol. The lowest BCUT2D eigenvalue weighted by Gasteiger charge is -2.43. The molecule has 2 unspecified atom stereocenters. The number of hydrogen-bond donors (Lipinski definition) is 1. The standard InChI is InChI=1S/C25H27N3O2S/c29-24(23-9-5-13-31-23)26-21-10-11-22-20-14-19(16-28(22)25(21)30)15-27(17-20)12-4-8-18-6-2-1-3-7-18/h1-3,5-7,9-11,13,19-20H,4,8,12,14-17H2,(H,26,29). The Labute approximate surface area is 186 Å². The van der Waals surface area contributed by atoms with Crippen LogP contribution in [0.3, 0.4) is 0 Å². The SMILES string of the molecule is O=C(Nc1ccc2n(c1=O)CC1CC2CN(CCCc2ccccc2)C1)c1cccs1. The van der Waals surface area contributed by atoms with Gasteiger partial charge in [0.1, 0.15) is 5.69 Å². The number of carbonyl (C=O) groups is 1. The maximum absolute atomic E-state index is 13.1. The van der Waals surface area contributed by atoms with E-state index in [1.165, 1.54) is 16.9 Å². The van der Waals surface area contributed by atoms with Gasteiger partial charge < -0.3 is 14.8 Å². The zero-order valence-electron chi connectivity index (χ0n) is 17.5. The Morgan fingerprint density at radius 3 is 2.71 bits per heavy atom. The highest BCUT2D eigenvalue weighted by molar-refractivity contribution is 7.12. The first-order chi connectivity index (χ1) is 15.2. The van der Waals surface area contributed by atoms with Gasteiger partial charge in [-0.15, -0.1) is 11.3 Å². The van der Waals surface area contributed by atoms with E-state index >= 15 is 0 Å². The normalized spacial score (nSPS) is 20.3. The van der Waals surface area contributed by atoms with E-state index in [1.54, 1.807) is 12.1 Å². The fraction of sp³-hybridized carbons (Fsp3) is 0.360. The fourth-order valence-corrected chi connectivity index (χ4v) is 5.68. The molecule has 1 amide bonds. The summed E-state index contributed by atoms with van der Waals surface area (Å²) in [5, 5.41) is 4.67. The van der Waals surface area contributed by atoms with Gasteiger partial charge in [0, 0.05) is 31.2 Å². The minimum absolute atomic E-state index is 0.0744. The van der Waals surface area contributed by atoms with E-state index in [4.69, 9.17) is 0 Å². The number of amides is 1. The summed E-state index contributed by atoms with van der Waals surface area (Å²) in [5.74, 6) is 0.663. The zero-order valence-corrected chi connectivity index (χ0v) is 18.3. The molecule has 0 radical (unpaired) electrons. The molecule has 6 heteroatoms. The van der Waals surface area contributed by atoms with Gasteiger partial charge in [0.2, 0.25) is 0 Å². The molecule has 2 aromatic heterocycles. The monoisotopic (exact) mass is 433 g/mol. The number of nitrogens with one attached hydrogen (secondary N) is 1. The number of fused-ring (bicyclic) bond motifs is 4. The van der Waals surface area contributed by atoms with Crippen molar-refractivity contribution >= 4 is 22.9 Å². The molecule has 5 nitrogen and oxygen atoms in total. The van der Waals surface area contributed by atoms with Gasteiger partial charge in [0.25, 0.3) is 11.5 Å². The molecule has 2 aliphatic rings. The third-order valence-electron chi connectivity index (χ3n) is 6.46. The van der Waals surface area contributed by atoms with Gasteiger partial charge in [0.15, 0.2) is 0 Å². The molecule has 5 rings (SSSR count). The summed E-state index contributed by atoms with van der Waals surface area (Å²) in [4.78, 5) is 28.7. The van der Waals surface area contributed by atoms with Crippen molar-refractivity contribution in [2.45, 2.75) is 31.7 Å². The van der Waals surface area contributed by atoms with Gasteiger partial charge in [0.05, 0.1) is 4.88 Å². The molecule has 4 heterocycles. The summed E-state index contributed by atoms with van der Waals surface area (Å²) in [7, 11) is 0. The summed E-state index contributed by atoms with van der Waals surface area (Å²) in [6.45, 7) is 3.89. The zero-order chi connectivity index (χ0) is 21.2. The molecule has 2 atom stereocenters. The first-order valence-corrected chi connectivity index (χ1v) is 11.9. The van der Waals surface area contributed by atoms with E-state index < -0.39 is 0 Å². The predicted molar refractivity (Wildman–Crippen MR) is 125 cm³/mol. The predicted octanol–water partition coefficient (Wildman–Crippen LogP) is 4.21. The summed E-state index contributed by atoms with van der Waals surface area (Å²) >= 11 is 1.38. The largest absolute Gasteiger partial charge is 0.317 e. The number of aryl methyl sites for hydroxylation is 1. The highest BCUT2D eigenvalue weighted by atomic mass is 32.1. The van der Waals surface area contributed by atoms with E-state index in [9.17, 15) is 9.59 Å². The molecule has 1 saturated heterocycles. The summed E-state index contributed by atoms with van der Waals surface area (Å²) in [6, 6.07) is 18.1. The van der Waals surface area contributed by atoms with Crippen LogP contribution < -0.4 is 10.9 Å². The Kier molecular flexibility index (Phi) is 5.74. The molecule has 0 spiro atoms. The van der Waals surface area contributed by atoms with E-state index in [-0.39, 0.29) is 11.5 Å². The highest BCUT2D eigenvalue weighted by Crippen LogP contribution is 2.35. The molecule has 0 saturated carbocycles. The Hall–Kier alpha value is -2.70. The summed E-state index contributed by atoms with van der Waals surface area (Å²) in [6.07, 6.45) is 3.41. The maximum Gasteiger partial charge on any atom is 0.274 e. The minimum atomic E-state index is -0.215. The van der Waals surface area contributed by atoms with Gasteiger partial charge >= 0.3 is 0 Å². The number of benzene rings is 1. The van der Waals surface area contributed by atoms with Crippen molar-refractivity contribution in [3.63, 3.8) is 0 Å². The third-order valence-corrected chi connectivity index (χ3v) is 7.32. The van der Waals surface area contributed by atoms with Gasteiger partial charge in [-0.2, -0.15) is 0 Å². The van der Waals surface area contributed by atoms with Crippen LogP contribution in [0.25, 0.3) is 0 Å². The fourth-order valence-electron chi connectivity index (χ4n) is 5.07. The lowest BCUT2D eigenvalue weighted by Crippen LogP contribution is -2.47. The van der Waals surface area contributed by atoms with Crippen molar-refractivity contribution in [3.05, 3.63) is 86.5 Å². The van der Waals surface area contributed by atoms with Crippen LogP contribution in [0, 0.1) is 5.92 Å². The van der Waals surface area contributed by atoms with Crippen LogP contribution in [-0.2, 0) is 13.0 Å². The first-order valence-electron chi connectivity index (χ1n) is 11.0. The van der Waals surface area contributed by atoms with Crippen molar-refractivity contribution in [2.24, 2.45) is 5.92 Å². The second kappa shape index (κ2) is 8.81. The first kappa shape index (κ1) is 20.2. The Bertz CT molecular complexity index is 1110. The number of anilines is 1. The van der Waals surface area contributed by atoms with Crippen LogP contribution in [0.1, 0.15) is 39.7 Å². The van der Waals surface area contributed by atoms with Crippen molar-refractivity contribution in [1.29, 1.82) is 0 Å². The van der Waals surface area contributed by atoms with Crippen molar-refractivity contribution in [1.82, 2.24) is 9.47 Å². The van der Waals surface area contributed by atoms with Crippen LogP contribution in [0.15, 0.2) is 64.8 Å². The lowest BCUT2D eigenvalue weighted by atomic mass is 9.83. The summed E-state index contributed by atoms with van der Waals surface area (Å²) < 4.78 is 1.91. The van der Waals surface area contributed by atoms with E-state index in [0.717, 1.165) is 51.1 Å². The van der Waals surface area contributed by atoms with Crippen LogP contribution in [-0.4, -0.2) is 35.0 Å². The topological polar surface area (TPSA) is 54.3 Å². The average Bonchev–Trinajstić information content (AvgIpc) is 3.32. The average molecular weight is 434 g/mol. The number of rotatable bonds is 6. The molecule has 1 N–H and O–H groups in total. The van der Waals surface area contributed by atoms with Gasteiger partial charge in [-0.3, -0.25) is 9.59 Å². The third kappa shape index (κ3) is 4.36. The number of thiophene rings is 1. The Morgan fingerprint density at radius 2 is 1.90 bits per heavy atom. The van der Waals surface area contributed by atoms with Crippen LogP contribution >= 0.6 is 11.3 Å². The van der Waals surface area contributed by atoms with Crippen molar-refractivity contribution in [2.75, 3.05) is 25.0 Å². The van der Waals surface area contributed by atoms with Gasteiger partial charge in [-0.25, -0.2) is 0 Å². The molecule has 31 heavy (non-hydrogen) atoms. The molecule has 0 aliphatic carbocycles. The lowest BCUT2D eigenvalue weighted by molar-refractivity contribution is 0.103. The molecular formula is C25H27N3O2S. The highest BCUT2D eigenvalue weighted by Gasteiger charge is 2.34. The number of likely N-dealkylation sites (tertiary alicyclic amines) is 1. The van der Waals surface area contributed by atoms with Gasteiger partial charge in [-0.05, 0) is 60.9 Å². The second-order valence-corrected chi connectivity index (χ2v) is 9.61. The number of hydrogen-bond acceptors (Lipinski definition) is 4. The van der Waals surface area contributed by atoms with E-state index in [2.05, 4.69) is 40.5 Å². The second-order valence-electron chi connectivity index (χ2n) is 8.67. The van der Waals surface area contributed by atoms with Gasteiger partial charge in [-0.1, -0.05) is 36.4 Å². The number of aromatic nitrogens is 1. The molecule has 1 aromatic carbocycles. The molecule has 2 bridgehead atoms. The number of nitrogens with zero attached hydrogens (tertiary/aromatic N) is 2. The number of carbonyl (C=O) groups excluding carboxylic acids is 1. The quantitative estimate of drug-likeness (QED) is 0.633. The van der Waals surface area contributed by atoms with Crippen LogP contribution in [0.5, 0.6) is 0 Å². The summed E-state index contributed by atoms with van der Waals surface area (Å²) in [5.41, 5.74) is 2.81.